The first-order chi connectivity index (χ1) is 21.8. The zero-order valence-electron chi connectivity index (χ0n) is 24.8. The molecule has 1 atom stereocenters. The summed E-state index contributed by atoms with van der Waals surface area (Å²) in [6.07, 6.45) is 10.6. The number of aromatic nitrogens is 3. The molecule has 0 saturated carbocycles. The largest absolute Gasteiger partial charge is 0.397 e. The molecule has 12 heteroatoms. The van der Waals surface area contributed by atoms with Gasteiger partial charge in [0.15, 0.2) is 0 Å². The second kappa shape index (κ2) is 13.0. The van der Waals surface area contributed by atoms with Gasteiger partial charge in [-0.2, -0.15) is 0 Å². The Morgan fingerprint density at radius 3 is 2.47 bits per heavy atom. The first-order valence-electron chi connectivity index (χ1n) is 15.1. The molecule has 0 spiro atoms. The maximum atomic E-state index is 14.0. The van der Waals surface area contributed by atoms with E-state index in [1.807, 2.05) is 36.4 Å². The Balaban J connectivity index is 1.16. The molecule has 2 fully saturated rings. The molecule has 2 aromatic heterocycles. The lowest BCUT2D eigenvalue weighted by Crippen LogP contribution is -2.57. The molecule has 2 aromatic carbocycles. The number of rotatable bonds is 6. The Morgan fingerprint density at radius 2 is 1.76 bits per heavy atom. The van der Waals surface area contributed by atoms with Gasteiger partial charge in [-0.25, -0.2) is 9.59 Å². The lowest BCUT2D eigenvalue weighted by molar-refractivity contribution is -0.133. The Bertz CT molecular complexity index is 1800. The molecule has 6 rings (SSSR count). The van der Waals surface area contributed by atoms with Gasteiger partial charge in [-0.3, -0.25) is 14.3 Å². The number of terminal acetylenes is 1. The highest BCUT2D eigenvalue weighted by molar-refractivity contribution is 6.33. The van der Waals surface area contributed by atoms with Gasteiger partial charge < -0.3 is 30.7 Å². The standard InChI is InChI=1S/C33H35ClN8O3/c1-2-23-19-22(20-26(34)30(23)35)21-28(31(43)40-17-15-39(16-18-40)24-7-11-36-12-8-24)38-32(44)41-13-9-25(10-14-41)42-29-6-4-3-5-27(29)37-33(42)45/h1,3-8,11-12,19-20,25,28H,9-10,13-18,21,35H2,(H,37,45)(H,38,44)/t28-/m1/s1. The maximum absolute atomic E-state index is 14.0. The first-order valence-corrected chi connectivity index (χ1v) is 15.4. The summed E-state index contributed by atoms with van der Waals surface area (Å²) in [5.74, 6) is 2.38. The lowest BCUT2D eigenvalue weighted by atomic mass is 10.0. The number of imidazole rings is 1. The van der Waals surface area contributed by atoms with Crippen LogP contribution in [0.2, 0.25) is 5.02 Å². The topological polar surface area (TPSA) is 133 Å². The summed E-state index contributed by atoms with van der Waals surface area (Å²) >= 11 is 6.37. The average molecular weight is 627 g/mol. The summed E-state index contributed by atoms with van der Waals surface area (Å²) < 4.78 is 1.79. The number of halogens is 1. The normalized spacial score (nSPS) is 16.4. The summed E-state index contributed by atoms with van der Waals surface area (Å²) in [5, 5.41) is 3.31. The van der Waals surface area contributed by atoms with E-state index in [0.717, 1.165) is 16.7 Å². The number of fused-ring (bicyclic) bond motifs is 1. The van der Waals surface area contributed by atoms with Crippen LogP contribution >= 0.6 is 11.6 Å². The Morgan fingerprint density at radius 1 is 1.04 bits per heavy atom. The molecule has 2 aliphatic heterocycles. The van der Waals surface area contributed by atoms with Gasteiger partial charge in [-0.1, -0.05) is 29.7 Å². The van der Waals surface area contributed by atoms with Crippen LogP contribution in [0.25, 0.3) is 11.0 Å². The van der Waals surface area contributed by atoms with Gasteiger partial charge in [0.25, 0.3) is 0 Å². The van der Waals surface area contributed by atoms with Gasteiger partial charge in [0.2, 0.25) is 5.91 Å². The molecular formula is C33H35ClN8O3. The number of hydrogen-bond donors (Lipinski definition) is 3. The second-order valence-electron chi connectivity index (χ2n) is 11.4. The van der Waals surface area contributed by atoms with Crippen LogP contribution in [0.3, 0.4) is 0 Å². The summed E-state index contributed by atoms with van der Waals surface area (Å²) in [6.45, 7) is 3.23. The third kappa shape index (κ3) is 6.33. The van der Waals surface area contributed by atoms with Gasteiger partial charge in [-0.15, -0.1) is 6.42 Å². The number of para-hydroxylation sites is 2. The van der Waals surface area contributed by atoms with Crippen LogP contribution < -0.4 is 21.6 Å². The van der Waals surface area contributed by atoms with Crippen molar-refractivity contribution >= 4 is 45.9 Å². The Hall–Kier alpha value is -4.95. The van der Waals surface area contributed by atoms with Gasteiger partial charge >= 0.3 is 11.7 Å². The zero-order chi connectivity index (χ0) is 31.5. The molecule has 3 amide bonds. The molecule has 0 aliphatic carbocycles. The molecule has 4 aromatic rings. The number of nitrogen functional groups attached to an aromatic ring is 1. The van der Waals surface area contributed by atoms with E-state index in [9.17, 15) is 14.4 Å². The zero-order valence-corrected chi connectivity index (χ0v) is 25.5. The number of likely N-dealkylation sites (tertiary alicyclic amines) is 1. The highest BCUT2D eigenvalue weighted by Gasteiger charge is 2.32. The number of carbonyl (C=O) groups excluding carboxylic acids is 2. The van der Waals surface area contributed by atoms with E-state index in [4.69, 9.17) is 23.8 Å². The van der Waals surface area contributed by atoms with E-state index >= 15 is 0 Å². The molecule has 0 bridgehead atoms. The van der Waals surface area contributed by atoms with Crippen LogP contribution in [0.15, 0.2) is 65.7 Å². The molecule has 11 nitrogen and oxygen atoms in total. The van der Waals surface area contributed by atoms with Crippen molar-refractivity contribution in [1.82, 2.24) is 29.7 Å². The SMILES string of the molecule is C#Cc1cc(C[C@@H](NC(=O)N2CCC(n3c(=O)[nH]c4ccccc43)CC2)C(=O)N2CCN(c3ccncc3)CC2)cc(Cl)c1N. The molecule has 45 heavy (non-hydrogen) atoms. The summed E-state index contributed by atoms with van der Waals surface area (Å²) in [7, 11) is 0. The van der Waals surface area contributed by atoms with E-state index in [-0.39, 0.29) is 30.1 Å². The van der Waals surface area contributed by atoms with Gasteiger partial charge in [0.05, 0.1) is 21.7 Å². The quantitative estimate of drug-likeness (QED) is 0.222. The predicted molar refractivity (Wildman–Crippen MR) is 175 cm³/mol. The third-order valence-electron chi connectivity index (χ3n) is 8.74. The molecular weight excluding hydrogens is 592 g/mol. The number of benzene rings is 2. The van der Waals surface area contributed by atoms with Crippen LogP contribution in [0.4, 0.5) is 16.2 Å². The molecule has 4 heterocycles. The number of piperazine rings is 1. The number of piperidine rings is 1. The number of pyridine rings is 1. The Kier molecular flexibility index (Phi) is 8.67. The van der Waals surface area contributed by atoms with Crippen LogP contribution in [-0.2, 0) is 11.2 Å². The number of amides is 3. The molecule has 0 radical (unpaired) electrons. The van der Waals surface area contributed by atoms with Crippen LogP contribution in [0.5, 0.6) is 0 Å². The number of nitrogens with one attached hydrogen (secondary N) is 2. The minimum atomic E-state index is -0.843. The Labute approximate surface area is 266 Å². The number of hydrogen-bond acceptors (Lipinski definition) is 6. The minimum Gasteiger partial charge on any atom is -0.397 e. The van der Waals surface area contributed by atoms with Crippen LogP contribution in [0.1, 0.15) is 30.0 Å². The fraction of sp³-hybridized carbons (Fsp3) is 0.333. The fourth-order valence-electron chi connectivity index (χ4n) is 6.31. The van der Waals surface area contributed by atoms with Crippen molar-refractivity contribution in [3.05, 3.63) is 87.6 Å². The summed E-state index contributed by atoms with van der Waals surface area (Å²) in [4.78, 5) is 53.0. The fourth-order valence-corrected chi connectivity index (χ4v) is 6.55. The van der Waals surface area contributed by atoms with Gasteiger partial charge in [-0.05, 0) is 54.8 Å². The van der Waals surface area contributed by atoms with E-state index in [2.05, 4.69) is 26.1 Å². The van der Waals surface area contributed by atoms with E-state index in [1.165, 1.54) is 0 Å². The van der Waals surface area contributed by atoms with Crippen molar-refractivity contribution in [3.8, 4) is 12.3 Å². The maximum Gasteiger partial charge on any atom is 0.326 e. The number of nitrogens with two attached hydrogens (primary N) is 1. The molecule has 0 unspecified atom stereocenters. The number of anilines is 2. The molecule has 232 valence electrons. The first kappa shape index (κ1) is 30.1. The van der Waals surface area contributed by atoms with Crippen LogP contribution in [0, 0.1) is 12.3 Å². The van der Waals surface area contributed by atoms with Crippen molar-refractivity contribution in [2.45, 2.75) is 31.3 Å². The highest BCUT2D eigenvalue weighted by Crippen LogP contribution is 2.27. The smallest absolute Gasteiger partial charge is 0.326 e. The van der Waals surface area contributed by atoms with E-state index in [0.29, 0.717) is 73.9 Å². The third-order valence-corrected chi connectivity index (χ3v) is 9.05. The number of carbonyl (C=O) groups is 2. The van der Waals surface area contributed by atoms with Crippen LogP contribution in [-0.4, -0.2) is 81.6 Å². The van der Waals surface area contributed by atoms with Crippen molar-refractivity contribution in [2.24, 2.45) is 0 Å². The highest BCUT2D eigenvalue weighted by atomic mass is 35.5. The van der Waals surface area contributed by atoms with Gasteiger partial charge in [0, 0.05) is 75.4 Å². The second-order valence-corrected chi connectivity index (χ2v) is 11.8. The summed E-state index contributed by atoms with van der Waals surface area (Å²) in [6, 6.07) is 13.7. The number of nitrogens with zero attached hydrogens (tertiary/aromatic N) is 5. The van der Waals surface area contributed by atoms with E-state index in [1.54, 1.807) is 38.9 Å². The number of aromatic amines is 1. The van der Waals surface area contributed by atoms with E-state index < -0.39 is 6.04 Å². The summed E-state index contributed by atoms with van der Waals surface area (Å²) in [5.41, 5.74) is 10.0. The monoisotopic (exact) mass is 626 g/mol. The van der Waals surface area contributed by atoms with Crippen molar-refractivity contribution < 1.29 is 9.59 Å². The predicted octanol–water partition coefficient (Wildman–Crippen LogP) is 3.25. The molecule has 2 aliphatic rings. The van der Waals surface area contributed by atoms with Gasteiger partial charge in [0.1, 0.15) is 6.04 Å². The van der Waals surface area contributed by atoms with Crippen molar-refractivity contribution in [3.63, 3.8) is 0 Å². The molecule has 4 N–H and O–H groups in total. The number of urea groups is 1. The van der Waals surface area contributed by atoms with Crippen molar-refractivity contribution in [1.29, 1.82) is 0 Å². The molecule has 2 saturated heterocycles. The average Bonchev–Trinajstić information content (AvgIpc) is 3.41. The van der Waals surface area contributed by atoms with Crippen molar-refractivity contribution in [2.75, 3.05) is 49.9 Å². The minimum absolute atomic E-state index is 0.0362. The lowest BCUT2D eigenvalue weighted by Gasteiger charge is -2.38. The number of H-pyrrole nitrogens is 1.